The Bertz CT molecular complexity index is 366. The average Bonchev–Trinajstić information content (AvgIpc) is 3.39. The number of carboxylic acid groups (broad SMARTS) is 1. The molecule has 0 bridgehead atoms. The van der Waals surface area contributed by atoms with Crippen molar-refractivity contribution in [1.82, 2.24) is 0 Å². The molecule has 0 aromatic heterocycles. The van der Waals surface area contributed by atoms with Crippen molar-refractivity contribution < 1.29 is 19.4 Å². The molecule has 0 spiro atoms. The van der Waals surface area contributed by atoms with Crippen LogP contribution in [0.4, 0.5) is 0 Å². The number of rotatable bonds is 13. The van der Waals surface area contributed by atoms with Gasteiger partial charge in [-0.05, 0) is 32.1 Å². The van der Waals surface area contributed by atoms with Crippen LogP contribution >= 0.6 is 0 Å². The normalized spacial score (nSPS) is 29.9. The fourth-order valence-corrected chi connectivity index (χ4v) is 2.99. The molecule has 2 saturated heterocycles. The van der Waals surface area contributed by atoms with Crippen molar-refractivity contribution in [3.05, 3.63) is 12.2 Å². The molecule has 2 fully saturated rings. The lowest BCUT2D eigenvalue weighted by atomic mass is 10.1. The smallest absolute Gasteiger partial charge is 0.303 e. The van der Waals surface area contributed by atoms with Crippen LogP contribution in [0, 0.1) is 0 Å². The quantitative estimate of drug-likeness (QED) is 0.316. The number of allylic oxidation sites excluding steroid dienone is 1. The number of hydrogen-bond acceptors (Lipinski definition) is 3. The Morgan fingerprint density at radius 1 is 0.955 bits per heavy atom. The van der Waals surface area contributed by atoms with E-state index in [0.717, 1.165) is 44.9 Å². The third-order valence-corrected chi connectivity index (χ3v) is 4.54. The fourth-order valence-electron chi connectivity index (χ4n) is 2.99. The number of carboxylic acids is 1. The molecule has 0 amide bonds. The first-order valence-electron chi connectivity index (χ1n) is 8.88. The van der Waals surface area contributed by atoms with Crippen molar-refractivity contribution in [2.45, 2.75) is 95.5 Å². The van der Waals surface area contributed by atoms with Crippen LogP contribution in [0.1, 0.15) is 71.1 Å². The Morgan fingerprint density at radius 2 is 1.64 bits per heavy atom. The van der Waals surface area contributed by atoms with Crippen molar-refractivity contribution in [3.63, 3.8) is 0 Å². The molecule has 22 heavy (non-hydrogen) atoms. The maximum atomic E-state index is 10.4. The van der Waals surface area contributed by atoms with E-state index >= 15 is 0 Å². The summed E-state index contributed by atoms with van der Waals surface area (Å²) in [5, 5.41) is 8.53. The van der Waals surface area contributed by atoms with E-state index in [2.05, 4.69) is 19.1 Å². The number of hydrogen-bond donors (Lipinski definition) is 1. The van der Waals surface area contributed by atoms with Crippen LogP contribution in [-0.4, -0.2) is 35.5 Å². The van der Waals surface area contributed by atoms with E-state index < -0.39 is 5.97 Å². The first kappa shape index (κ1) is 17.5. The van der Waals surface area contributed by atoms with Gasteiger partial charge in [-0.2, -0.15) is 0 Å². The van der Waals surface area contributed by atoms with Gasteiger partial charge in [0.1, 0.15) is 0 Å². The van der Waals surface area contributed by atoms with Crippen molar-refractivity contribution in [3.8, 4) is 0 Å². The van der Waals surface area contributed by atoms with Crippen molar-refractivity contribution in [2.24, 2.45) is 0 Å². The molecule has 0 radical (unpaired) electrons. The predicted octanol–water partition coefficient (Wildman–Crippen LogP) is 4.08. The highest BCUT2D eigenvalue weighted by Crippen LogP contribution is 2.37. The van der Waals surface area contributed by atoms with Crippen molar-refractivity contribution in [2.75, 3.05) is 0 Å². The van der Waals surface area contributed by atoms with Gasteiger partial charge in [-0.1, -0.05) is 38.3 Å². The first-order valence-corrected chi connectivity index (χ1v) is 8.88. The van der Waals surface area contributed by atoms with Crippen molar-refractivity contribution >= 4 is 5.97 Å². The summed E-state index contributed by atoms with van der Waals surface area (Å²) in [6, 6.07) is 0. The standard InChI is InChI=1S/C18H30O4/c1-2-14-16(21-14)13-17-15(22-17)11-9-7-5-3-4-6-8-10-12-18(19)20/h7,9,14-17H,2-6,8,10-13H2,1H3,(H,19,20)/b9-7+. The topological polar surface area (TPSA) is 62.4 Å². The molecular formula is C18H30O4. The average molecular weight is 310 g/mol. The number of unbranched alkanes of at least 4 members (excludes halogenated alkanes) is 5. The van der Waals surface area contributed by atoms with Crippen LogP contribution in [0.15, 0.2) is 12.2 Å². The number of epoxide rings is 2. The fraction of sp³-hybridized carbons (Fsp3) is 0.833. The zero-order chi connectivity index (χ0) is 15.8. The number of ether oxygens (including phenoxy) is 2. The highest BCUT2D eigenvalue weighted by atomic mass is 16.6. The number of aliphatic carboxylic acids is 1. The molecule has 2 aliphatic rings. The zero-order valence-electron chi connectivity index (χ0n) is 13.7. The number of carbonyl (C=O) groups is 1. The van der Waals surface area contributed by atoms with Crippen LogP contribution < -0.4 is 0 Å². The summed E-state index contributed by atoms with van der Waals surface area (Å²) < 4.78 is 11.2. The van der Waals surface area contributed by atoms with Crippen LogP contribution in [-0.2, 0) is 14.3 Å². The summed E-state index contributed by atoms with van der Waals surface area (Å²) in [6.45, 7) is 2.17. The monoisotopic (exact) mass is 310 g/mol. The molecule has 0 saturated carbocycles. The second-order valence-electron chi connectivity index (χ2n) is 6.48. The summed E-state index contributed by atoms with van der Waals surface area (Å²) in [4.78, 5) is 10.4. The first-order chi connectivity index (χ1) is 10.7. The van der Waals surface area contributed by atoms with Gasteiger partial charge < -0.3 is 14.6 Å². The van der Waals surface area contributed by atoms with E-state index in [1.807, 2.05) is 0 Å². The summed E-state index contributed by atoms with van der Waals surface area (Å²) in [5.74, 6) is -0.679. The minimum atomic E-state index is -0.679. The van der Waals surface area contributed by atoms with Gasteiger partial charge in [0.05, 0.1) is 24.4 Å². The highest BCUT2D eigenvalue weighted by Gasteiger charge is 2.46. The van der Waals surface area contributed by atoms with Gasteiger partial charge in [-0.25, -0.2) is 0 Å². The highest BCUT2D eigenvalue weighted by molar-refractivity contribution is 5.66. The molecule has 2 aliphatic heterocycles. The third kappa shape index (κ3) is 6.93. The van der Waals surface area contributed by atoms with Gasteiger partial charge >= 0.3 is 5.97 Å². The van der Waals surface area contributed by atoms with Gasteiger partial charge in [0.15, 0.2) is 0 Å². The van der Waals surface area contributed by atoms with Crippen LogP contribution in [0.2, 0.25) is 0 Å². The molecule has 0 aliphatic carbocycles. The maximum absolute atomic E-state index is 10.4. The Balaban J connectivity index is 1.35. The van der Waals surface area contributed by atoms with Gasteiger partial charge in [0, 0.05) is 12.8 Å². The third-order valence-electron chi connectivity index (χ3n) is 4.54. The Hall–Kier alpha value is -0.870. The molecule has 0 aromatic rings. The van der Waals surface area contributed by atoms with E-state index in [-0.39, 0.29) is 0 Å². The lowest BCUT2D eigenvalue weighted by Crippen LogP contribution is -2.00. The van der Waals surface area contributed by atoms with E-state index in [0.29, 0.717) is 30.8 Å². The summed E-state index contributed by atoms with van der Waals surface area (Å²) in [5.41, 5.74) is 0. The van der Waals surface area contributed by atoms with Gasteiger partial charge in [0.2, 0.25) is 0 Å². The molecule has 2 heterocycles. The summed E-state index contributed by atoms with van der Waals surface area (Å²) in [6.07, 6.45) is 16.4. The SMILES string of the molecule is CCC1OC1CC1OC1C/C=C/CCCCCCCC(=O)O. The van der Waals surface area contributed by atoms with Crippen LogP contribution in [0.5, 0.6) is 0 Å². The summed E-state index contributed by atoms with van der Waals surface area (Å²) >= 11 is 0. The second kappa shape index (κ2) is 9.31. The summed E-state index contributed by atoms with van der Waals surface area (Å²) in [7, 11) is 0. The Labute approximate surface area is 133 Å². The lowest BCUT2D eigenvalue weighted by Gasteiger charge is -1.98. The van der Waals surface area contributed by atoms with Crippen molar-refractivity contribution in [1.29, 1.82) is 0 Å². The van der Waals surface area contributed by atoms with Gasteiger partial charge in [0.25, 0.3) is 0 Å². The molecule has 4 atom stereocenters. The van der Waals surface area contributed by atoms with E-state index in [4.69, 9.17) is 14.6 Å². The molecule has 2 rings (SSSR count). The lowest BCUT2D eigenvalue weighted by molar-refractivity contribution is -0.137. The van der Waals surface area contributed by atoms with Gasteiger partial charge in [-0.3, -0.25) is 4.79 Å². The van der Waals surface area contributed by atoms with Crippen LogP contribution in [0.25, 0.3) is 0 Å². The van der Waals surface area contributed by atoms with E-state index in [1.54, 1.807) is 0 Å². The molecule has 4 unspecified atom stereocenters. The minimum absolute atomic E-state index is 0.313. The van der Waals surface area contributed by atoms with E-state index in [9.17, 15) is 4.79 Å². The molecule has 4 heteroatoms. The molecular weight excluding hydrogens is 280 g/mol. The zero-order valence-corrected chi connectivity index (χ0v) is 13.7. The predicted molar refractivity (Wildman–Crippen MR) is 85.9 cm³/mol. The largest absolute Gasteiger partial charge is 0.481 e. The molecule has 126 valence electrons. The molecule has 4 nitrogen and oxygen atoms in total. The van der Waals surface area contributed by atoms with Crippen LogP contribution in [0.3, 0.4) is 0 Å². The molecule has 0 aromatic carbocycles. The maximum Gasteiger partial charge on any atom is 0.303 e. The Kier molecular flexibility index (Phi) is 7.40. The van der Waals surface area contributed by atoms with E-state index in [1.165, 1.54) is 12.8 Å². The van der Waals surface area contributed by atoms with Gasteiger partial charge in [-0.15, -0.1) is 0 Å². The Morgan fingerprint density at radius 3 is 2.36 bits per heavy atom. The molecule has 1 N–H and O–H groups in total. The second-order valence-corrected chi connectivity index (χ2v) is 6.48. The minimum Gasteiger partial charge on any atom is -0.481 e.